The van der Waals surface area contributed by atoms with E-state index in [2.05, 4.69) is 0 Å². The van der Waals surface area contributed by atoms with E-state index < -0.39 is 18.1 Å². The van der Waals surface area contributed by atoms with E-state index in [0.717, 1.165) is 6.42 Å². The molecule has 0 fully saturated rings. The van der Waals surface area contributed by atoms with Gasteiger partial charge in [0.25, 0.3) is 0 Å². The smallest absolute Gasteiger partial charge is 0.334 e. The third-order valence-electron chi connectivity index (χ3n) is 1.74. The molecule has 4 N–H and O–H groups in total. The van der Waals surface area contributed by atoms with Gasteiger partial charge < -0.3 is 15.9 Å². The number of aliphatic hydroxyl groups excluding tert-OH is 1. The lowest BCUT2D eigenvalue weighted by molar-refractivity contribution is -0.147. The summed E-state index contributed by atoms with van der Waals surface area (Å²) in [6.45, 7) is 4.06. The summed E-state index contributed by atoms with van der Waals surface area (Å²) in [6.07, 6.45) is -0.0415. The first-order valence-electron chi connectivity index (χ1n) is 4.11. The van der Waals surface area contributed by atoms with Gasteiger partial charge in [-0.2, -0.15) is 0 Å². The molecule has 0 rings (SSSR count). The Morgan fingerprint density at radius 3 is 2.25 bits per heavy atom. The zero-order valence-electron chi connectivity index (χ0n) is 7.53. The third kappa shape index (κ3) is 4.31. The molecule has 0 aromatic rings. The topological polar surface area (TPSA) is 83.5 Å². The van der Waals surface area contributed by atoms with Gasteiger partial charge in [0.1, 0.15) is 0 Å². The van der Waals surface area contributed by atoms with E-state index >= 15 is 0 Å². The number of nitrogens with two attached hydrogens (primary N) is 1. The molecule has 0 bridgehead atoms. The summed E-state index contributed by atoms with van der Waals surface area (Å²) in [7, 11) is 0. The van der Waals surface area contributed by atoms with E-state index in [0.29, 0.717) is 12.3 Å². The Morgan fingerprint density at radius 1 is 1.42 bits per heavy atom. The van der Waals surface area contributed by atoms with Gasteiger partial charge in [-0.3, -0.25) is 0 Å². The van der Waals surface area contributed by atoms with Crippen LogP contribution in [-0.4, -0.2) is 28.3 Å². The minimum absolute atomic E-state index is 0.483. The maximum atomic E-state index is 10.3. The molecule has 0 radical (unpaired) electrons. The first-order chi connectivity index (χ1) is 5.45. The maximum Gasteiger partial charge on any atom is 0.334 e. The van der Waals surface area contributed by atoms with Crippen LogP contribution in [0.4, 0.5) is 0 Å². The summed E-state index contributed by atoms with van der Waals surface area (Å²) < 4.78 is 0. The summed E-state index contributed by atoms with van der Waals surface area (Å²) in [4.78, 5) is 10.3. The number of aliphatic hydroxyl groups is 1. The molecule has 0 aliphatic rings. The van der Waals surface area contributed by atoms with Crippen LogP contribution in [0.15, 0.2) is 0 Å². The summed E-state index contributed by atoms with van der Waals surface area (Å²) in [6, 6.07) is -0.648. The second kappa shape index (κ2) is 5.11. The zero-order chi connectivity index (χ0) is 9.72. The fourth-order valence-corrected chi connectivity index (χ4v) is 0.867. The maximum absolute atomic E-state index is 10.3. The van der Waals surface area contributed by atoms with Gasteiger partial charge >= 0.3 is 5.97 Å². The lowest BCUT2D eigenvalue weighted by Crippen LogP contribution is -2.40. The summed E-state index contributed by atoms with van der Waals surface area (Å²) in [5.74, 6) is -0.761. The minimum atomic E-state index is -1.43. The molecule has 4 nitrogen and oxygen atoms in total. The van der Waals surface area contributed by atoms with Gasteiger partial charge in [-0.05, 0) is 18.8 Å². The number of rotatable bonds is 5. The lowest BCUT2D eigenvalue weighted by atomic mass is 10.0. The average molecular weight is 175 g/mol. The van der Waals surface area contributed by atoms with Gasteiger partial charge in [0, 0.05) is 6.04 Å². The molecule has 0 saturated carbocycles. The first kappa shape index (κ1) is 11.4. The fraction of sp³-hybridized carbons (Fsp3) is 0.875. The highest BCUT2D eigenvalue weighted by Crippen LogP contribution is 2.07. The van der Waals surface area contributed by atoms with Crippen molar-refractivity contribution in [1.82, 2.24) is 0 Å². The number of carbonyl (C=O) groups is 1. The normalized spacial score (nSPS) is 16.1. The van der Waals surface area contributed by atoms with Crippen LogP contribution >= 0.6 is 0 Å². The molecule has 72 valence electrons. The Bertz CT molecular complexity index is 147. The summed E-state index contributed by atoms with van der Waals surface area (Å²) >= 11 is 0. The predicted molar refractivity (Wildman–Crippen MR) is 45.7 cm³/mol. The second-order valence-corrected chi connectivity index (χ2v) is 3.42. The Kier molecular flexibility index (Phi) is 4.85. The van der Waals surface area contributed by atoms with Crippen LogP contribution in [0.25, 0.3) is 0 Å². The molecule has 0 aromatic heterocycles. The first-order valence-corrected chi connectivity index (χ1v) is 4.11. The number of hydrogen-bond acceptors (Lipinski definition) is 3. The highest BCUT2D eigenvalue weighted by Gasteiger charge is 2.21. The van der Waals surface area contributed by atoms with E-state index in [1.165, 1.54) is 0 Å². The van der Waals surface area contributed by atoms with E-state index in [-0.39, 0.29) is 0 Å². The number of carboxylic acids is 1. The van der Waals surface area contributed by atoms with Crippen molar-refractivity contribution in [2.75, 3.05) is 0 Å². The van der Waals surface area contributed by atoms with Crippen molar-refractivity contribution in [2.24, 2.45) is 11.7 Å². The number of carboxylic acid groups (broad SMARTS) is 1. The van der Waals surface area contributed by atoms with Crippen LogP contribution < -0.4 is 5.73 Å². The van der Waals surface area contributed by atoms with Crippen molar-refractivity contribution in [3.8, 4) is 0 Å². The molecule has 0 amide bonds. The molecule has 0 saturated heterocycles. The largest absolute Gasteiger partial charge is 0.479 e. The van der Waals surface area contributed by atoms with Crippen molar-refractivity contribution in [2.45, 2.75) is 38.8 Å². The van der Waals surface area contributed by atoms with Gasteiger partial charge in [-0.15, -0.1) is 0 Å². The molecule has 4 heteroatoms. The van der Waals surface area contributed by atoms with Crippen molar-refractivity contribution in [3.63, 3.8) is 0 Å². The van der Waals surface area contributed by atoms with Crippen LogP contribution in [0.2, 0.25) is 0 Å². The molecule has 0 aliphatic carbocycles. The van der Waals surface area contributed by atoms with Crippen LogP contribution in [0, 0.1) is 5.92 Å². The quantitative estimate of drug-likeness (QED) is 0.557. The summed E-state index contributed by atoms with van der Waals surface area (Å²) in [5.41, 5.74) is 5.44. The van der Waals surface area contributed by atoms with E-state index in [4.69, 9.17) is 15.9 Å². The Hall–Kier alpha value is -0.610. The van der Waals surface area contributed by atoms with Crippen LogP contribution in [0.3, 0.4) is 0 Å². The molecule has 12 heavy (non-hydrogen) atoms. The second-order valence-electron chi connectivity index (χ2n) is 3.42. The van der Waals surface area contributed by atoms with Crippen LogP contribution in [0.5, 0.6) is 0 Å². The molecule has 2 unspecified atom stereocenters. The minimum Gasteiger partial charge on any atom is -0.479 e. The van der Waals surface area contributed by atoms with E-state index in [9.17, 15) is 4.79 Å². The van der Waals surface area contributed by atoms with E-state index in [1.54, 1.807) is 0 Å². The Balaban J connectivity index is 3.71. The van der Waals surface area contributed by atoms with Crippen LogP contribution in [0.1, 0.15) is 26.7 Å². The average Bonchev–Trinajstić information content (AvgIpc) is 1.98. The Morgan fingerprint density at radius 2 is 1.92 bits per heavy atom. The number of hydrogen-bond donors (Lipinski definition) is 3. The molecule has 0 aromatic carbocycles. The van der Waals surface area contributed by atoms with Crippen LogP contribution in [-0.2, 0) is 4.79 Å². The van der Waals surface area contributed by atoms with Gasteiger partial charge in [-0.25, -0.2) is 4.79 Å². The van der Waals surface area contributed by atoms with Gasteiger partial charge in [-0.1, -0.05) is 13.8 Å². The third-order valence-corrected chi connectivity index (χ3v) is 1.74. The van der Waals surface area contributed by atoms with E-state index in [1.807, 2.05) is 13.8 Å². The molecule has 0 heterocycles. The highest BCUT2D eigenvalue weighted by molar-refractivity contribution is 5.72. The zero-order valence-corrected chi connectivity index (χ0v) is 7.53. The van der Waals surface area contributed by atoms with Crippen molar-refractivity contribution in [3.05, 3.63) is 0 Å². The van der Waals surface area contributed by atoms with Crippen molar-refractivity contribution >= 4 is 5.97 Å². The molecule has 2 atom stereocenters. The Labute approximate surface area is 72.4 Å². The van der Waals surface area contributed by atoms with Crippen molar-refractivity contribution in [1.29, 1.82) is 0 Å². The summed E-state index contributed by atoms with van der Waals surface area (Å²) in [5, 5.41) is 17.4. The van der Waals surface area contributed by atoms with Crippen molar-refractivity contribution < 1.29 is 15.0 Å². The highest BCUT2D eigenvalue weighted by atomic mass is 16.4. The molecular weight excluding hydrogens is 158 g/mol. The fourth-order valence-electron chi connectivity index (χ4n) is 0.867. The van der Waals surface area contributed by atoms with Gasteiger partial charge in [0.15, 0.2) is 6.10 Å². The number of aliphatic carboxylic acids is 1. The monoisotopic (exact) mass is 175 g/mol. The molecular formula is C8H17NO3. The SMILES string of the molecule is CC(C)CCC(N)C(O)C(=O)O. The predicted octanol–water partition coefficient (Wildman–Crippen LogP) is 0.195. The molecule has 0 aliphatic heterocycles. The standard InChI is InChI=1S/C8H17NO3/c1-5(2)3-4-6(9)7(10)8(11)12/h5-7,10H,3-4,9H2,1-2H3,(H,11,12). The van der Waals surface area contributed by atoms with Gasteiger partial charge in [0.2, 0.25) is 0 Å². The van der Waals surface area contributed by atoms with Gasteiger partial charge in [0.05, 0.1) is 0 Å². The lowest BCUT2D eigenvalue weighted by Gasteiger charge is -2.15. The molecule has 0 spiro atoms.